The summed E-state index contributed by atoms with van der Waals surface area (Å²) in [6.07, 6.45) is 6.24. The van der Waals surface area contributed by atoms with Crippen molar-refractivity contribution >= 4 is 11.8 Å². The smallest absolute Gasteiger partial charge is 0.225 e. The third kappa shape index (κ3) is 4.05. The molecule has 1 fully saturated rings. The van der Waals surface area contributed by atoms with Crippen LogP contribution in [0.2, 0.25) is 0 Å². The van der Waals surface area contributed by atoms with E-state index in [9.17, 15) is 9.59 Å². The van der Waals surface area contributed by atoms with Gasteiger partial charge in [0.25, 0.3) is 0 Å². The molecule has 1 aliphatic heterocycles. The quantitative estimate of drug-likeness (QED) is 0.828. The van der Waals surface area contributed by atoms with E-state index in [0.29, 0.717) is 13.0 Å². The van der Waals surface area contributed by atoms with Crippen LogP contribution in [0.1, 0.15) is 57.1 Å². The van der Waals surface area contributed by atoms with Gasteiger partial charge in [-0.25, -0.2) is 0 Å². The Hall–Kier alpha value is -1.84. The minimum atomic E-state index is -0.0278. The summed E-state index contributed by atoms with van der Waals surface area (Å²) in [7, 11) is 0. The van der Waals surface area contributed by atoms with Crippen LogP contribution in [-0.2, 0) is 22.4 Å². The average Bonchev–Trinajstić information content (AvgIpc) is 3.17. The molecule has 0 spiro atoms. The SMILES string of the molecule is CCCC(CCC)C(=O)N[C@H]1CC(=O)N(C2Cc3ccccc3C2)C1. The minimum absolute atomic E-state index is 0.0278. The van der Waals surface area contributed by atoms with Crippen molar-refractivity contribution in [3.05, 3.63) is 35.4 Å². The molecule has 1 saturated heterocycles. The van der Waals surface area contributed by atoms with Gasteiger partial charge in [0.1, 0.15) is 0 Å². The summed E-state index contributed by atoms with van der Waals surface area (Å²) < 4.78 is 0. The fourth-order valence-corrected chi connectivity index (χ4v) is 4.36. The molecule has 1 aromatic rings. The summed E-state index contributed by atoms with van der Waals surface area (Å²) in [6, 6.07) is 8.69. The van der Waals surface area contributed by atoms with Crippen LogP contribution >= 0.6 is 0 Å². The van der Waals surface area contributed by atoms with Crippen molar-refractivity contribution in [2.45, 2.75) is 70.9 Å². The van der Waals surface area contributed by atoms with Crippen LogP contribution in [0.3, 0.4) is 0 Å². The molecular formula is C21H30N2O2. The van der Waals surface area contributed by atoms with Gasteiger partial charge >= 0.3 is 0 Å². The molecule has 25 heavy (non-hydrogen) atoms. The monoisotopic (exact) mass is 342 g/mol. The van der Waals surface area contributed by atoms with Crippen molar-refractivity contribution in [3.8, 4) is 0 Å². The summed E-state index contributed by atoms with van der Waals surface area (Å²) in [5, 5.41) is 3.15. The zero-order valence-electron chi connectivity index (χ0n) is 15.5. The first-order valence-electron chi connectivity index (χ1n) is 9.79. The van der Waals surface area contributed by atoms with Gasteiger partial charge in [0.15, 0.2) is 0 Å². The van der Waals surface area contributed by atoms with Gasteiger partial charge in [0.2, 0.25) is 11.8 Å². The van der Waals surface area contributed by atoms with E-state index in [1.807, 2.05) is 4.90 Å². The van der Waals surface area contributed by atoms with E-state index in [4.69, 9.17) is 0 Å². The van der Waals surface area contributed by atoms with Gasteiger partial charge in [-0.2, -0.15) is 0 Å². The number of hydrogen-bond acceptors (Lipinski definition) is 2. The first-order chi connectivity index (χ1) is 12.1. The largest absolute Gasteiger partial charge is 0.351 e. The molecule has 0 aromatic heterocycles. The first kappa shape index (κ1) is 18.0. The lowest BCUT2D eigenvalue weighted by Crippen LogP contribution is -2.42. The highest BCUT2D eigenvalue weighted by Crippen LogP contribution is 2.28. The molecule has 0 bridgehead atoms. The van der Waals surface area contributed by atoms with Crippen molar-refractivity contribution in [2.75, 3.05) is 6.54 Å². The summed E-state index contributed by atoms with van der Waals surface area (Å²) >= 11 is 0. The van der Waals surface area contributed by atoms with Gasteiger partial charge in [-0.1, -0.05) is 51.0 Å². The Balaban J connectivity index is 1.57. The topological polar surface area (TPSA) is 49.4 Å². The van der Waals surface area contributed by atoms with Crippen LogP contribution < -0.4 is 5.32 Å². The molecule has 0 radical (unpaired) electrons. The molecule has 1 atom stereocenters. The number of hydrogen-bond donors (Lipinski definition) is 1. The highest BCUT2D eigenvalue weighted by molar-refractivity contribution is 5.83. The van der Waals surface area contributed by atoms with Gasteiger partial charge in [-0.05, 0) is 36.8 Å². The van der Waals surface area contributed by atoms with Gasteiger partial charge in [-0.3, -0.25) is 9.59 Å². The van der Waals surface area contributed by atoms with E-state index in [-0.39, 0.29) is 29.8 Å². The third-order valence-electron chi connectivity index (χ3n) is 5.62. The van der Waals surface area contributed by atoms with Gasteiger partial charge in [0.05, 0.1) is 6.04 Å². The van der Waals surface area contributed by atoms with Crippen molar-refractivity contribution in [1.82, 2.24) is 10.2 Å². The summed E-state index contributed by atoms with van der Waals surface area (Å²) in [6.45, 7) is 4.90. The van der Waals surface area contributed by atoms with E-state index in [0.717, 1.165) is 38.5 Å². The van der Waals surface area contributed by atoms with Crippen molar-refractivity contribution in [3.63, 3.8) is 0 Å². The lowest BCUT2D eigenvalue weighted by Gasteiger charge is -2.25. The average molecular weight is 342 g/mol. The molecule has 4 heteroatoms. The second-order valence-corrected chi connectivity index (χ2v) is 7.56. The highest BCUT2D eigenvalue weighted by atomic mass is 16.2. The van der Waals surface area contributed by atoms with Crippen LogP contribution in [0, 0.1) is 5.92 Å². The number of nitrogens with zero attached hydrogens (tertiary/aromatic N) is 1. The maximum Gasteiger partial charge on any atom is 0.225 e. The lowest BCUT2D eigenvalue weighted by atomic mass is 9.97. The van der Waals surface area contributed by atoms with Crippen molar-refractivity contribution < 1.29 is 9.59 Å². The van der Waals surface area contributed by atoms with Crippen molar-refractivity contribution in [1.29, 1.82) is 0 Å². The predicted molar refractivity (Wildman–Crippen MR) is 99.2 cm³/mol. The molecule has 1 aliphatic carbocycles. The standard InChI is InChI=1S/C21H30N2O2/c1-3-7-15(8-4-2)21(25)22-18-13-20(24)23(14-18)19-11-16-9-5-6-10-17(16)12-19/h5-6,9-10,15,18-19H,3-4,7-8,11-14H2,1-2H3,(H,22,25)/t18-/m0/s1. The highest BCUT2D eigenvalue weighted by Gasteiger charge is 2.37. The number of benzene rings is 1. The Morgan fingerprint density at radius 3 is 2.28 bits per heavy atom. The zero-order chi connectivity index (χ0) is 17.8. The van der Waals surface area contributed by atoms with Gasteiger partial charge in [0, 0.05) is 24.9 Å². The summed E-state index contributed by atoms with van der Waals surface area (Å²) in [4.78, 5) is 27.1. The lowest BCUT2D eigenvalue weighted by molar-refractivity contribution is -0.129. The van der Waals surface area contributed by atoms with Crippen LogP contribution in [0.4, 0.5) is 0 Å². The van der Waals surface area contributed by atoms with E-state index in [2.05, 4.69) is 43.4 Å². The summed E-state index contributed by atoms with van der Waals surface area (Å²) in [5.41, 5.74) is 2.72. The number of amides is 2. The Kier molecular flexibility index (Phi) is 5.77. The molecule has 1 aromatic carbocycles. The molecule has 1 N–H and O–H groups in total. The number of carbonyl (C=O) groups is 2. The number of carbonyl (C=O) groups excluding carboxylic acids is 2. The van der Waals surface area contributed by atoms with Crippen LogP contribution in [0.5, 0.6) is 0 Å². The normalized spacial score (nSPS) is 20.4. The van der Waals surface area contributed by atoms with E-state index >= 15 is 0 Å². The predicted octanol–water partition coefficient (Wildman–Crippen LogP) is 3.09. The maximum absolute atomic E-state index is 12.6. The number of nitrogens with one attached hydrogen (secondary N) is 1. The van der Waals surface area contributed by atoms with E-state index in [1.165, 1.54) is 11.1 Å². The molecule has 2 aliphatic rings. The van der Waals surface area contributed by atoms with Crippen LogP contribution in [-0.4, -0.2) is 35.3 Å². The van der Waals surface area contributed by atoms with E-state index < -0.39 is 0 Å². The van der Waals surface area contributed by atoms with Crippen LogP contribution in [0.25, 0.3) is 0 Å². The molecule has 3 rings (SSSR count). The first-order valence-corrected chi connectivity index (χ1v) is 9.79. The molecule has 0 saturated carbocycles. The molecule has 4 nitrogen and oxygen atoms in total. The Morgan fingerprint density at radius 2 is 1.72 bits per heavy atom. The molecule has 136 valence electrons. The fraction of sp³-hybridized carbons (Fsp3) is 0.619. The number of rotatable bonds is 7. The third-order valence-corrected chi connectivity index (χ3v) is 5.62. The Labute approximate surface area is 151 Å². The zero-order valence-corrected chi connectivity index (χ0v) is 15.5. The number of likely N-dealkylation sites (tertiary alicyclic amines) is 1. The Bertz CT molecular complexity index is 597. The van der Waals surface area contributed by atoms with Gasteiger partial charge in [-0.15, -0.1) is 0 Å². The van der Waals surface area contributed by atoms with Crippen molar-refractivity contribution in [2.24, 2.45) is 5.92 Å². The van der Waals surface area contributed by atoms with Crippen LogP contribution in [0.15, 0.2) is 24.3 Å². The number of fused-ring (bicyclic) bond motifs is 1. The second-order valence-electron chi connectivity index (χ2n) is 7.56. The Morgan fingerprint density at radius 1 is 1.12 bits per heavy atom. The minimum Gasteiger partial charge on any atom is -0.351 e. The molecule has 0 unspecified atom stereocenters. The molecular weight excluding hydrogens is 312 g/mol. The molecule has 1 heterocycles. The van der Waals surface area contributed by atoms with Gasteiger partial charge < -0.3 is 10.2 Å². The summed E-state index contributed by atoms with van der Waals surface area (Å²) in [5.74, 6) is 0.415. The maximum atomic E-state index is 12.6. The molecule has 2 amide bonds. The second kappa shape index (κ2) is 8.03. The fourth-order valence-electron chi connectivity index (χ4n) is 4.36. The van der Waals surface area contributed by atoms with E-state index in [1.54, 1.807) is 0 Å².